The van der Waals surface area contributed by atoms with Gasteiger partial charge in [-0.05, 0) is 92.0 Å². The van der Waals surface area contributed by atoms with Crippen LogP contribution < -0.4 is 26.2 Å². The predicted molar refractivity (Wildman–Crippen MR) is 198 cm³/mol. The van der Waals surface area contributed by atoms with E-state index < -0.39 is 0 Å². The number of piperazine rings is 1. The number of hydrogen-bond donors (Lipinski definition) is 4. The molecule has 3 saturated heterocycles. The molecule has 3 aliphatic rings. The first-order valence-electron chi connectivity index (χ1n) is 18.6. The zero-order valence-corrected chi connectivity index (χ0v) is 30.4. The number of nitrogens with zero attached hydrogens (tertiary/aromatic N) is 4. The number of aromatic nitrogens is 3. The number of nitrogens with one attached hydrogen (secondary N) is 4. The topological polar surface area (TPSA) is 107 Å². The summed E-state index contributed by atoms with van der Waals surface area (Å²) in [6, 6.07) is 11.5. The Kier molecular flexibility index (Phi) is 11.0. The van der Waals surface area contributed by atoms with Gasteiger partial charge in [0.05, 0.1) is 6.42 Å². The second-order valence-electron chi connectivity index (χ2n) is 16.0. The number of amides is 1. The summed E-state index contributed by atoms with van der Waals surface area (Å²) in [5.74, 6) is 1.69. The van der Waals surface area contributed by atoms with Crippen LogP contribution in [0.3, 0.4) is 0 Å². The van der Waals surface area contributed by atoms with Crippen molar-refractivity contribution >= 4 is 11.7 Å². The second-order valence-corrected chi connectivity index (χ2v) is 16.0. The largest absolute Gasteiger partial charge is 0.354 e. The van der Waals surface area contributed by atoms with Crippen molar-refractivity contribution in [2.45, 2.75) is 101 Å². The molecule has 2 unspecified atom stereocenters. The third kappa shape index (κ3) is 8.16. The average Bonchev–Trinajstić information content (AvgIpc) is 3.64. The lowest BCUT2D eigenvalue weighted by molar-refractivity contribution is -0.121. The molecule has 49 heavy (non-hydrogen) atoms. The van der Waals surface area contributed by atoms with Crippen molar-refractivity contribution in [3.63, 3.8) is 0 Å². The highest BCUT2D eigenvalue weighted by molar-refractivity contribution is 5.78. The van der Waals surface area contributed by atoms with Crippen molar-refractivity contribution in [3.8, 4) is 0 Å². The van der Waals surface area contributed by atoms with Gasteiger partial charge in [0.2, 0.25) is 5.91 Å². The molecule has 1 amide bonds. The second kappa shape index (κ2) is 15.2. The van der Waals surface area contributed by atoms with Crippen LogP contribution in [0.4, 0.5) is 5.82 Å². The summed E-state index contributed by atoms with van der Waals surface area (Å²) in [6.07, 6.45) is 13.6. The van der Waals surface area contributed by atoms with Gasteiger partial charge in [0.1, 0.15) is 5.82 Å². The van der Waals surface area contributed by atoms with E-state index in [9.17, 15) is 4.79 Å². The summed E-state index contributed by atoms with van der Waals surface area (Å²) in [4.78, 5) is 30.1. The molecular weight excluding hydrogens is 608 g/mol. The summed E-state index contributed by atoms with van der Waals surface area (Å²) in [5, 5.41) is 13.4. The van der Waals surface area contributed by atoms with Crippen LogP contribution in [0.5, 0.6) is 0 Å². The highest BCUT2D eigenvalue weighted by atomic mass is 16.1. The zero-order valence-electron chi connectivity index (χ0n) is 30.4. The van der Waals surface area contributed by atoms with Crippen molar-refractivity contribution in [1.29, 1.82) is 0 Å². The van der Waals surface area contributed by atoms with Gasteiger partial charge in [0.15, 0.2) is 0 Å². The van der Waals surface area contributed by atoms with E-state index >= 15 is 0 Å². The van der Waals surface area contributed by atoms with Gasteiger partial charge in [-0.2, -0.15) is 0 Å². The smallest absolute Gasteiger partial charge is 0.224 e. The summed E-state index contributed by atoms with van der Waals surface area (Å²) in [6.45, 7) is 19.6. The standard InChI is InChI=1S/C40H58N8O/c1-38(2,35-8-6-31(25-45-35)30-10-15-41-16-11-30)13-14-40(5,32-7-9-36(46-27-32)48-20-18-42-19-21-48)39(3,4)33-22-29(24-44-26-33)23-37(49)47-34-12-17-43-28-34/h6-9,22,24-27,30,34,41-43H,10-21,23,28H2,1-5H3,(H,47,49). The fraction of sp³-hybridized carbons (Fsp3) is 0.600. The number of rotatable bonds is 12. The minimum Gasteiger partial charge on any atom is -0.354 e. The minimum absolute atomic E-state index is 0.0568. The molecule has 0 radical (unpaired) electrons. The highest BCUT2D eigenvalue weighted by Crippen LogP contribution is 2.49. The molecule has 6 heterocycles. The summed E-state index contributed by atoms with van der Waals surface area (Å²) < 4.78 is 0. The van der Waals surface area contributed by atoms with E-state index in [1.54, 1.807) is 0 Å². The molecule has 3 aromatic heterocycles. The lowest BCUT2D eigenvalue weighted by atomic mass is 9.57. The van der Waals surface area contributed by atoms with E-state index in [1.165, 1.54) is 24.0 Å². The first-order chi connectivity index (χ1) is 23.5. The fourth-order valence-corrected chi connectivity index (χ4v) is 7.99. The molecule has 0 bridgehead atoms. The van der Waals surface area contributed by atoms with Crippen LogP contribution in [0, 0.1) is 0 Å². The van der Waals surface area contributed by atoms with Crippen LogP contribution in [-0.2, 0) is 27.5 Å². The monoisotopic (exact) mass is 666 g/mol. The lowest BCUT2D eigenvalue weighted by Gasteiger charge is -2.47. The molecule has 4 N–H and O–H groups in total. The normalized spacial score (nSPS) is 20.6. The Hall–Kier alpha value is -3.40. The van der Waals surface area contributed by atoms with Gasteiger partial charge in [-0.3, -0.25) is 14.8 Å². The van der Waals surface area contributed by atoms with Crippen LogP contribution in [0.15, 0.2) is 55.1 Å². The molecule has 3 aromatic rings. The molecule has 3 fully saturated rings. The maximum absolute atomic E-state index is 13.0. The van der Waals surface area contributed by atoms with Crippen LogP contribution in [0.1, 0.15) is 101 Å². The average molecular weight is 667 g/mol. The summed E-state index contributed by atoms with van der Waals surface area (Å²) in [7, 11) is 0. The Bertz CT molecular complexity index is 1520. The van der Waals surface area contributed by atoms with Crippen molar-refractivity contribution in [2.75, 3.05) is 57.3 Å². The molecule has 9 heteroatoms. The van der Waals surface area contributed by atoms with Gasteiger partial charge in [-0.25, -0.2) is 4.98 Å². The molecule has 9 nitrogen and oxygen atoms in total. The summed E-state index contributed by atoms with van der Waals surface area (Å²) >= 11 is 0. The number of piperidine rings is 1. The quantitative estimate of drug-likeness (QED) is 0.219. The number of carbonyl (C=O) groups excluding carboxylic acids is 1. The van der Waals surface area contributed by atoms with Gasteiger partial charge in [0, 0.05) is 85.5 Å². The maximum atomic E-state index is 13.0. The van der Waals surface area contributed by atoms with Gasteiger partial charge in [0.25, 0.3) is 0 Å². The number of anilines is 1. The van der Waals surface area contributed by atoms with Crippen molar-refractivity contribution in [3.05, 3.63) is 83.1 Å². The highest BCUT2D eigenvalue weighted by Gasteiger charge is 2.45. The third-order valence-electron chi connectivity index (χ3n) is 12.1. The molecule has 0 saturated carbocycles. The maximum Gasteiger partial charge on any atom is 0.224 e. The molecule has 0 aromatic carbocycles. The lowest BCUT2D eigenvalue weighted by Crippen LogP contribution is -2.45. The van der Waals surface area contributed by atoms with E-state index in [0.717, 1.165) is 94.3 Å². The Labute approximate surface area is 293 Å². The Morgan fingerprint density at radius 1 is 0.816 bits per heavy atom. The van der Waals surface area contributed by atoms with Crippen LogP contribution in [0.25, 0.3) is 0 Å². The Morgan fingerprint density at radius 3 is 2.24 bits per heavy atom. The van der Waals surface area contributed by atoms with Crippen LogP contribution in [-0.4, -0.2) is 79.3 Å². The van der Waals surface area contributed by atoms with E-state index in [-0.39, 0.29) is 28.2 Å². The van der Waals surface area contributed by atoms with E-state index in [1.807, 2.05) is 12.4 Å². The third-order valence-corrected chi connectivity index (χ3v) is 12.1. The molecule has 6 rings (SSSR count). The number of carbonyl (C=O) groups is 1. The SMILES string of the molecule is CC(C)(CCC(C)(c1ccc(N2CCNCC2)nc1)C(C)(C)c1cncc(CC(=O)NC2CCNC2)c1)c1ccc(C2CCNCC2)cn1. The van der Waals surface area contributed by atoms with Crippen molar-refractivity contribution in [2.24, 2.45) is 0 Å². The van der Waals surface area contributed by atoms with E-state index in [0.29, 0.717) is 12.3 Å². The molecular formula is C40H58N8O. The predicted octanol–water partition coefficient (Wildman–Crippen LogP) is 4.76. The Balaban J connectivity index is 1.26. The Morgan fingerprint density at radius 2 is 1.57 bits per heavy atom. The van der Waals surface area contributed by atoms with Crippen LogP contribution >= 0.6 is 0 Å². The van der Waals surface area contributed by atoms with Gasteiger partial charge < -0.3 is 26.2 Å². The van der Waals surface area contributed by atoms with Gasteiger partial charge in [-0.1, -0.05) is 52.8 Å². The van der Waals surface area contributed by atoms with Gasteiger partial charge >= 0.3 is 0 Å². The zero-order chi connectivity index (χ0) is 34.5. The van der Waals surface area contributed by atoms with E-state index in [4.69, 9.17) is 9.97 Å². The fourth-order valence-electron chi connectivity index (χ4n) is 7.99. The van der Waals surface area contributed by atoms with Crippen LogP contribution in [0.2, 0.25) is 0 Å². The van der Waals surface area contributed by atoms with Crippen molar-refractivity contribution in [1.82, 2.24) is 36.2 Å². The number of pyridine rings is 3. The minimum atomic E-state index is -0.317. The number of hydrogen-bond acceptors (Lipinski definition) is 8. The molecule has 2 atom stereocenters. The first kappa shape index (κ1) is 35.4. The molecule has 0 aliphatic carbocycles. The first-order valence-corrected chi connectivity index (χ1v) is 18.6. The van der Waals surface area contributed by atoms with Gasteiger partial charge in [-0.15, -0.1) is 0 Å². The summed E-state index contributed by atoms with van der Waals surface area (Å²) in [5.41, 5.74) is 5.09. The molecule has 0 spiro atoms. The molecule has 264 valence electrons. The van der Waals surface area contributed by atoms with E-state index in [2.05, 4.69) is 108 Å². The molecule has 3 aliphatic heterocycles. The van der Waals surface area contributed by atoms with Crippen molar-refractivity contribution < 1.29 is 4.79 Å².